The molecule has 28 heavy (non-hydrogen) atoms. The maximum absolute atomic E-state index is 12.9. The SMILES string of the molecule is CC[C@@H]1S[C@@H](c2ccccc2Cl)N(CC[NH+]2CCN(C(=O)C(C)C)CC2)C1=O. The van der Waals surface area contributed by atoms with Gasteiger partial charge in [0.1, 0.15) is 5.37 Å². The van der Waals surface area contributed by atoms with E-state index in [1.165, 1.54) is 4.90 Å². The maximum Gasteiger partial charge on any atom is 0.237 e. The number of rotatable bonds is 6. The number of carbonyl (C=O) groups is 2. The first kappa shape index (κ1) is 21.5. The smallest absolute Gasteiger partial charge is 0.237 e. The number of hydrogen-bond acceptors (Lipinski definition) is 3. The maximum atomic E-state index is 12.9. The van der Waals surface area contributed by atoms with E-state index in [1.807, 2.05) is 47.9 Å². The van der Waals surface area contributed by atoms with Crippen LogP contribution in [0.2, 0.25) is 5.02 Å². The fourth-order valence-electron chi connectivity index (χ4n) is 3.94. The monoisotopic (exact) mass is 424 g/mol. The highest BCUT2D eigenvalue weighted by Gasteiger charge is 2.41. The normalized spacial score (nSPS) is 23.7. The first-order valence-electron chi connectivity index (χ1n) is 10.2. The lowest BCUT2D eigenvalue weighted by atomic mass is 10.1. The lowest BCUT2D eigenvalue weighted by molar-refractivity contribution is -0.903. The largest absolute Gasteiger partial charge is 0.331 e. The van der Waals surface area contributed by atoms with Gasteiger partial charge in [0.25, 0.3) is 0 Å². The van der Waals surface area contributed by atoms with E-state index in [-0.39, 0.29) is 28.4 Å². The molecule has 0 unspecified atom stereocenters. The Morgan fingerprint density at radius 2 is 1.96 bits per heavy atom. The summed E-state index contributed by atoms with van der Waals surface area (Å²) in [5, 5.41) is 0.730. The van der Waals surface area contributed by atoms with Crippen LogP contribution in [0.1, 0.15) is 38.1 Å². The van der Waals surface area contributed by atoms with Gasteiger partial charge in [-0.05, 0) is 12.5 Å². The molecule has 3 rings (SSSR count). The molecule has 5 nitrogen and oxygen atoms in total. The van der Waals surface area contributed by atoms with Gasteiger partial charge in [0, 0.05) is 16.5 Å². The molecule has 2 heterocycles. The highest BCUT2D eigenvalue weighted by molar-refractivity contribution is 8.01. The molecule has 0 saturated carbocycles. The molecule has 7 heteroatoms. The summed E-state index contributed by atoms with van der Waals surface area (Å²) in [4.78, 5) is 30.5. The molecule has 0 bridgehead atoms. The molecule has 2 aliphatic heterocycles. The fraction of sp³-hybridized carbons (Fsp3) is 0.619. The van der Waals surface area contributed by atoms with Gasteiger partial charge in [-0.25, -0.2) is 0 Å². The second kappa shape index (κ2) is 9.51. The highest BCUT2D eigenvalue weighted by atomic mass is 35.5. The zero-order valence-electron chi connectivity index (χ0n) is 17.0. The van der Waals surface area contributed by atoms with E-state index in [9.17, 15) is 9.59 Å². The molecule has 0 aliphatic carbocycles. The minimum atomic E-state index is -0.00522. The molecule has 0 radical (unpaired) electrons. The van der Waals surface area contributed by atoms with Gasteiger partial charge in [-0.1, -0.05) is 50.6 Å². The van der Waals surface area contributed by atoms with Gasteiger partial charge in [-0.15, -0.1) is 11.8 Å². The average molecular weight is 425 g/mol. The summed E-state index contributed by atoms with van der Waals surface area (Å²) in [5.74, 6) is 0.531. The number of thioether (sulfide) groups is 1. The minimum absolute atomic E-state index is 0.00522. The lowest BCUT2D eigenvalue weighted by Gasteiger charge is -2.34. The van der Waals surface area contributed by atoms with E-state index in [2.05, 4.69) is 6.92 Å². The molecule has 1 aromatic rings. The summed E-state index contributed by atoms with van der Waals surface area (Å²) >= 11 is 8.15. The van der Waals surface area contributed by atoms with Crippen LogP contribution >= 0.6 is 23.4 Å². The van der Waals surface area contributed by atoms with Gasteiger partial charge in [-0.3, -0.25) is 9.59 Å². The van der Waals surface area contributed by atoms with Crippen molar-refractivity contribution in [3.05, 3.63) is 34.9 Å². The first-order chi connectivity index (χ1) is 13.4. The van der Waals surface area contributed by atoms with Crippen LogP contribution in [0.5, 0.6) is 0 Å². The predicted octanol–water partition coefficient (Wildman–Crippen LogP) is 2.08. The van der Waals surface area contributed by atoms with Crippen LogP contribution < -0.4 is 4.90 Å². The Hall–Kier alpha value is -1.24. The number of benzene rings is 1. The van der Waals surface area contributed by atoms with Crippen molar-refractivity contribution in [3.63, 3.8) is 0 Å². The number of nitrogens with one attached hydrogen (secondary N) is 1. The summed E-state index contributed by atoms with van der Waals surface area (Å²) in [7, 11) is 0. The van der Waals surface area contributed by atoms with E-state index in [1.54, 1.807) is 11.8 Å². The third-order valence-corrected chi connectivity index (χ3v) is 7.63. The number of piperazine rings is 1. The van der Waals surface area contributed by atoms with Crippen LogP contribution in [-0.2, 0) is 9.59 Å². The quantitative estimate of drug-likeness (QED) is 0.760. The second-order valence-electron chi connectivity index (χ2n) is 7.92. The molecule has 0 aromatic heterocycles. The van der Waals surface area contributed by atoms with E-state index in [0.717, 1.165) is 56.3 Å². The highest BCUT2D eigenvalue weighted by Crippen LogP contribution is 2.45. The molecule has 2 aliphatic rings. The third-order valence-electron chi connectivity index (χ3n) is 5.66. The molecular formula is C21H31ClN3O2S+. The molecule has 2 atom stereocenters. The van der Waals surface area contributed by atoms with Crippen molar-refractivity contribution in [2.24, 2.45) is 5.92 Å². The van der Waals surface area contributed by atoms with Crippen LogP contribution in [0.25, 0.3) is 0 Å². The van der Waals surface area contributed by atoms with Crippen molar-refractivity contribution < 1.29 is 14.5 Å². The summed E-state index contributed by atoms with van der Waals surface area (Å²) < 4.78 is 0. The number of quaternary nitrogens is 1. The Balaban J connectivity index is 1.61. The number of hydrogen-bond donors (Lipinski definition) is 1. The number of nitrogens with zero attached hydrogens (tertiary/aromatic N) is 2. The van der Waals surface area contributed by atoms with E-state index in [0.29, 0.717) is 0 Å². The Morgan fingerprint density at radius 1 is 1.29 bits per heavy atom. The Bertz CT molecular complexity index is 707. The second-order valence-corrected chi connectivity index (χ2v) is 9.61. The van der Waals surface area contributed by atoms with Gasteiger partial charge in [0.05, 0.1) is 44.5 Å². The summed E-state index contributed by atoms with van der Waals surface area (Å²) in [6.45, 7) is 11.1. The van der Waals surface area contributed by atoms with Crippen molar-refractivity contribution >= 4 is 35.2 Å². The van der Waals surface area contributed by atoms with Crippen molar-refractivity contribution in [2.75, 3.05) is 39.3 Å². The number of amides is 2. The van der Waals surface area contributed by atoms with Gasteiger partial charge >= 0.3 is 0 Å². The number of carbonyl (C=O) groups excluding carboxylic acids is 2. The van der Waals surface area contributed by atoms with Crippen LogP contribution in [0.3, 0.4) is 0 Å². The van der Waals surface area contributed by atoms with Gasteiger partial charge in [-0.2, -0.15) is 0 Å². The molecule has 0 spiro atoms. The van der Waals surface area contributed by atoms with Gasteiger partial charge in [0.2, 0.25) is 11.8 Å². The topological polar surface area (TPSA) is 45.1 Å². The van der Waals surface area contributed by atoms with Crippen molar-refractivity contribution in [2.45, 2.75) is 37.8 Å². The lowest BCUT2D eigenvalue weighted by Crippen LogP contribution is -3.15. The van der Waals surface area contributed by atoms with Crippen LogP contribution in [0, 0.1) is 5.92 Å². The molecule has 2 fully saturated rings. The van der Waals surface area contributed by atoms with Crippen molar-refractivity contribution in [1.82, 2.24) is 9.80 Å². The third kappa shape index (κ3) is 4.66. The molecule has 154 valence electrons. The first-order valence-corrected chi connectivity index (χ1v) is 11.6. The minimum Gasteiger partial charge on any atom is -0.331 e. The summed E-state index contributed by atoms with van der Waals surface area (Å²) in [6.07, 6.45) is 0.837. The Labute approximate surface area is 177 Å². The summed E-state index contributed by atoms with van der Waals surface area (Å²) in [6, 6.07) is 7.84. The summed E-state index contributed by atoms with van der Waals surface area (Å²) in [5.41, 5.74) is 1.03. The molecule has 1 N–H and O–H groups in total. The van der Waals surface area contributed by atoms with E-state index < -0.39 is 0 Å². The Kier molecular flexibility index (Phi) is 7.29. The standard InChI is InChI=1S/C21H30ClN3O2S/c1-4-18-20(27)25(21(28-18)16-7-5-6-8-17(16)22)14-11-23-9-12-24(13-10-23)19(26)15(2)3/h5-8,15,18,21H,4,9-14H2,1-3H3/p+1/t18-,21-/m0/s1. The van der Waals surface area contributed by atoms with Crippen molar-refractivity contribution in [3.8, 4) is 0 Å². The van der Waals surface area contributed by atoms with E-state index in [4.69, 9.17) is 11.6 Å². The van der Waals surface area contributed by atoms with Crippen LogP contribution in [-0.4, -0.2) is 66.1 Å². The van der Waals surface area contributed by atoms with Crippen LogP contribution in [0.15, 0.2) is 24.3 Å². The molecule has 2 saturated heterocycles. The molecular weight excluding hydrogens is 394 g/mol. The molecule has 1 aromatic carbocycles. The number of halogens is 1. The molecule has 2 amide bonds. The van der Waals surface area contributed by atoms with Gasteiger partial charge < -0.3 is 14.7 Å². The van der Waals surface area contributed by atoms with Gasteiger partial charge in [0.15, 0.2) is 0 Å². The van der Waals surface area contributed by atoms with E-state index >= 15 is 0 Å². The van der Waals surface area contributed by atoms with Crippen LogP contribution in [0.4, 0.5) is 0 Å². The zero-order chi connectivity index (χ0) is 20.3. The Morgan fingerprint density at radius 3 is 2.57 bits per heavy atom. The predicted molar refractivity (Wildman–Crippen MR) is 115 cm³/mol. The fourth-order valence-corrected chi connectivity index (χ4v) is 5.71. The van der Waals surface area contributed by atoms with Crippen molar-refractivity contribution in [1.29, 1.82) is 0 Å². The average Bonchev–Trinajstić information content (AvgIpc) is 3.02. The zero-order valence-corrected chi connectivity index (χ0v) is 18.6.